The maximum Gasteiger partial charge on any atom is 0.232 e. The number of fused-ring (bicyclic) bond motifs is 1. The zero-order valence-electron chi connectivity index (χ0n) is 10.8. The van der Waals surface area contributed by atoms with Crippen molar-refractivity contribution in [1.82, 2.24) is 0 Å². The van der Waals surface area contributed by atoms with Gasteiger partial charge < -0.3 is 5.32 Å². The molecule has 0 saturated heterocycles. The number of alkyl halides is 1. The lowest BCUT2D eigenvalue weighted by Crippen LogP contribution is -2.21. The molecular weight excluding hydrogens is 334 g/mol. The van der Waals surface area contributed by atoms with E-state index in [2.05, 4.69) is 33.4 Å². The second-order valence-electron chi connectivity index (χ2n) is 4.68. The van der Waals surface area contributed by atoms with E-state index < -0.39 is 0 Å². The van der Waals surface area contributed by atoms with E-state index in [1.807, 2.05) is 36.4 Å². The van der Waals surface area contributed by atoms with Gasteiger partial charge in [0, 0.05) is 21.7 Å². The molecule has 0 aromatic heterocycles. The van der Waals surface area contributed by atoms with Crippen molar-refractivity contribution in [2.75, 3.05) is 11.1 Å². The summed E-state index contributed by atoms with van der Waals surface area (Å²) in [5.41, 5.74) is 3.13. The first kappa shape index (κ1) is 13.7. The minimum absolute atomic E-state index is 0.0559. The Kier molecular flexibility index (Phi) is 4.13. The summed E-state index contributed by atoms with van der Waals surface area (Å²) in [7, 11) is 0. The van der Waals surface area contributed by atoms with E-state index in [-0.39, 0.29) is 11.8 Å². The van der Waals surface area contributed by atoms with Crippen LogP contribution in [-0.2, 0) is 10.1 Å². The Bertz CT molecular complexity index is 644. The van der Waals surface area contributed by atoms with Gasteiger partial charge in [0.1, 0.15) is 0 Å². The highest BCUT2D eigenvalue weighted by molar-refractivity contribution is 9.08. The van der Waals surface area contributed by atoms with Gasteiger partial charge in [-0.3, -0.25) is 4.79 Å². The molecule has 20 heavy (non-hydrogen) atoms. The van der Waals surface area contributed by atoms with Crippen molar-refractivity contribution in [3.63, 3.8) is 0 Å². The van der Waals surface area contributed by atoms with Crippen molar-refractivity contribution in [2.45, 2.75) is 16.1 Å². The number of rotatable bonds is 3. The minimum atomic E-state index is -0.0559. The topological polar surface area (TPSA) is 29.1 Å². The van der Waals surface area contributed by atoms with E-state index in [1.54, 1.807) is 11.8 Å². The zero-order chi connectivity index (χ0) is 13.9. The number of para-hydroxylation sites is 1. The number of benzene rings is 2. The highest BCUT2D eigenvalue weighted by Crippen LogP contribution is 2.39. The minimum Gasteiger partial charge on any atom is -0.325 e. The maximum atomic E-state index is 12.5. The summed E-state index contributed by atoms with van der Waals surface area (Å²) in [5, 5.41) is 3.80. The zero-order valence-corrected chi connectivity index (χ0v) is 13.2. The van der Waals surface area contributed by atoms with Gasteiger partial charge in [-0.05, 0) is 23.3 Å². The van der Waals surface area contributed by atoms with Crippen LogP contribution in [0.3, 0.4) is 0 Å². The first-order valence-electron chi connectivity index (χ1n) is 6.46. The number of amides is 1. The SMILES string of the molecule is O=C(Nc1ccccc1CBr)C1CSc2ccccc21. The largest absolute Gasteiger partial charge is 0.325 e. The van der Waals surface area contributed by atoms with Crippen molar-refractivity contribution in [2.24, 2.45) is 0 Å². The summed E-state index contributed by atoms with van der Waals surface area (Å²) in [6.45, 7) is 0. The average Bonchev–Trinajstić information content (AvgIpc) is 2.92. The normalized spacial score (nSPS) is 16.8. The third-order valence-electron chi connectivity index (χ3n) is 3.44. The van der Waals surface area contributed by atoms with Crippen LogP contribution in [0.25, 0.3) is 0 Å². The van der Waals surface area contributed by atoms with Gasteiger partial charge in [-0.15, -0.1) is 11.8 Å². The molecule has 1 N–H and O–H groups in total. The Labute approximate surface area is 131 Å². The molecule has 0 aliphatic carbocycles. The molecular formula is C16H14BrNOS. The van der Waals surface area contributed by atoms with Crippen LogP contribution in [-0.4, -0.2) is 11.7 Å². The second-order valence-corrected chi connectivity index (χ2v) is 6.30. The Balaban J connectivity index is 1.81. The number of carbonyl (C=O) groups is 1. The summed E-state index contributed by atoms with van der Waals surface area (Å²) in [4.78, 5) is 13.7. The second kappa shape index (κ2) is 6.02. The van der Waals surface area contributed by atoms with E-state index in [0.717, 1.165) is 27.9 Å². The number of hydrogen-bond acceptors (Lipinski definition) is 2. The first-order chi connectivity index (χ1) is 9.79. The van der Waals surface area contributed by atoms with Gasteiger partial charge in [0.05, 0.1) is 5.92 Å². The third-order valence-corrected chi connectivity index (χ3v) is 5.22. The predicted octanol–water partition coefficient (Wildman–Crippen LogP) is 4.41. The Morgan fingerprint density at radius 2 is 1.95 bits per heavy atom. The molecule has 0 saturated carbocycles. The van der Waals surface area contributed by atoms with Crippen LogP contribution in [0.5, 0.6) is 0 Å². The highest BCUT2D eigenvalue weighted by atomic mass is 79.9. The van der Waals surface area contributed by atoms with Gasteiger partial charge in [-0.1, -0.05) is 52.3 Å². The van der Waals surface area contributed by atoms with E-state index in [4.69, 9.17) is 0 Å². The quantitative estimate of drug-likeness (QED) is 0.833. The summed E-state index contributed by atoms with van der Waals surface area (Å²) < 4.78 is 0. The molecule has 1 unspecified atom stereocenters. The Hall–Kier alpha value is -1.26. The molecule has 0 spiro atoms. The summed E-state index contributed by atoms with van der Waals surface area (Å²) >= 11 is 5.21. The smallest absolute Gasteiger partial charge is 0.232 e. The molecule has 1 atom stereocenters. The van der Waals surface area contributed by atoms with Gasteiger partial charge in [0.2, 0.25) is 5.91 Å². The predicted molar refractivity (Wildman–Crippen MR) is 87.6 cm³/mol. The van der Waals surface area contributed by atoms with E-state index in [9.17, 15) is 4.79 Å². The number of carbonyl (C=O) groups excluding carboxylic acids is 1. The number of thioether (sulfide) groups is 1. The van der Waals surface area contributed by atoms with Crippen LogP contribution in [0, 0.1) is 0 Å². The highest BCUT2D eigenvalue weighted by Gasteiger charge is 2.29. The van der Waals surface area contributed by atoms with Crippen molar-refractivity contribution in [1.29, 1.82) is 0 Å². The Morgan fingerprint density at radius 1 is 1.20 bits per heavy atom. The van der Waals surface area contributed by atoms with Crippen LogP contribution in [0.2, 0.25) is 0 Å². The number of nitrogens with one attached hydrogen (secondary N) is 1. The summed E-state index contributed by atoms with van der Waals surface area (Å²) in [6.07, 6.45) is 0. The van der Waals surface area contributed by atoms with Crippen LogP contribution >= 0.6 is 27.7 Å². The fourth-order valence-electron chi connectivity index (χ4n) is 2.36. The standard InChI is InChI=1S/C16H14BrNOS/c17-9-11-5-1-3-7-14(11)18-16(19)13-10-20-15-8-4-2-6-12(13)15/h1-8,13H,9-10H2,(H,18,19). The Morgan fingerprint density at radius 3 is 2.80 bits per heavy atom. The summed E-state index contributed by atoms with van der Waals surface area (Å²) in [6, 6.07) is 16.0. The fraction of sp³-hybridized carbons (Fsp3) is 0.188. The lowest BCUT2D eigenvalue weighted by atomic mass is 10.0. The summed E-state index contributed by atoms with van der Waals surface area (Å²) in [5.74, 6) is 0.845. The lowest BCUT2D eigenvalue weighted by Gasteiger charge is -2.13. The molecule has 1 amide bonds. The molecule has 0 radical (unpaired) electrons. The monoisotopic (exact) mass is 347 g/mol. The molecule has 2 aromatic carbocycles. The van der Waals surface area contributed by atoms with Gasteiger partial charge >= 0.3 is 0 Å². The van der Waals surface area contributed by atoms with Crippen LogP contribution < -0.4 is 5.32 Å². The van der Waals surface area contributed by atoms with Crippen molar-refractivity contribution >= 4 is 39.3 Å². The van der Waals surface area contributed by atoms with Gasteiger partial charge in [0.15, 0.2) is 0 Å². The molecule has 2 aromatic rings. The van der Waals surface area contributed by atoms with Crippen LogP contribution in [0.1, 0.15) is 17.0 Å². The number of anilines is 1. The molecule has 0 bridgehead atoms. The van der Waals surface area contributed by atoms with Gasteiger partial charge in [-0.2, -0.15) is 0 Å². The molecule has 102 valence electrons. The van der Waals surface area contributed by atoms with E-state index in [1.165, 1.54) is 4.90 Å². The molecule has 0 fully saturated rings. The van der Waals surface area contributed by atoms with E-state index in [0.29, 0.717) is 0 Å². The molecule has 1 aliphatic heterocycles. The van der Waals surface area contributed by atoms with Crippen molar-refractivity contribution in [3.8, 4) is 0 Å². The van der Waals surface area contributed by atoms with Gasteiger partial charge in [0.25, 0.3) is 0 Å². The van der Waals surface area contributed by atoms with Crippen molar-refractivity contribution < 1.29 is 4.79 Å². The van der Waals surface area contributed by atoms with E-state index >= 15 is 0 Å². The number of halogens is 1. The molecule has 2 nitrogen and oxygen atoms in total. The van der Waals surface area contributed by atoms with Crippen molar-refractivity contribution in [3.05, 3.63) is 59.7 Å². The first-order valence-corrected chi connectivity index (χ1v) is 8.57. The molecule has 1 heterocycles. The lowest BCUT2D eigenvalue weighted by molar-refractivity contribution is -0.117. The number of hydrogen-bond donors (Lipinski definition) is 1. The van der Waals surface area contributed by atoms with Crippen LogP contribution in [0.4, 0.5) is 5.69 Å². The van der Waals surface area contributed by atoms with Crippen LogP contribution in [0.15, 0.2) is 53.4 Å². The molecule has 1 aliphatic rings. The third kappa shape index (κ3) is 2.63. The molecule has 4 heteroatoms. The average molecular weight is 348 g/mol. The van der Waals surface area contributed by atoms with Gasteiger partial charge in [-0.25, -0.2) is 0 Å². The maximum absolute atomic E-state index is 12.5. The molecule has 3 rings (SSSR count). The fourth-order valence-corrected chi connectivity index (χ4v) is 4.08.